The van der Waals surface area contributed by atoms with Crippen molar-refractivity contribution < 1.29 is 4.74 Å². The third kappa shape index (κ3) is 2.88. The Labute approximate surface area is 118 Å². The molecule has 106 valence electrons. The van der Waals surface area contributed by atoms with Crippen LogP contribution < -0.4 is 16.0 Å². The van der Waals surface area contributed by atoms with Crippen molar-refractivity contribution >= 4 is 0 Å². The van der Waals surface area contributed by atoms with E-state index in [9.17, 15) is 4.79 Å². The van der Waals surface area contributed by atoms with Crippen LogP contribution in [0.4, 0.5) is 0 Å². The Morgan fingerprint density at radius 1 is 1.30 bits per heavy atom. The number of benzene rings is 1. The summed E-state index contributed by atoms with van der Waals surface area (Å²) in [4.78, 5) is 16.3. The normalized spacial score (nSPS) is 10.6. The second kappa shape index (κ2) is 5.88. The summed E-state index contributed by atoms with van der Waals surface area (Å²) >= 11 is 0. The van der Waals surface area contributed by atoms with Crippen LogP contribution >= 0.6 is 0 Å². The molecule has 5 nitrogen and oxygen atoms in total. The number of nitrogens with zero attached hydrogens (tertiary/aromatic N) is 2. The number of methoxy groups -OCH3 is 1. The molecule has 0 aliphatic rings. The van der Waals surface area contributed by atoms with Gasteiger partial charge in [0.15, 0.2) is 0 Å². The Bertz CT molecular complexity index is 677. The summed E-state index contributed by atoms with van der Waals surface area (Å²) in [7, 11) is 1.62. The molecule has 0 spiro atoms. The highest BCUT2D eigenvalue weighted by Gasteiger charge is 2.07. The standard InChI is InChI=1S/C15H19N3O2/c1-10-6-15(19)18(11(2)17-10)9-12-4-5-14(20-3)13(7-12)8-16/h4-7H,8-9,16H2,1-3H3. The van der Waals surface area contributed by atoms with Gasteiger partial charge in [-0.1, -0.05) is 6.07 Å². The average Bonchev–Trinajstić information content (AvgIpc) is 2.42. The summed E-state index contributed by atoms with van der Waals surface area (Å²) in [6, 6.07) is 7.31. The predicted molar refractivity (Wildman–Crippen MR) is 78.0 cm³/mol. The first-order valence-corrected chi connectivity index (χ1v) is 6.46. The van der Waals surface area contributed by atoms with E-state index in [0.717, 1.165) is 22.6 Å². The highest BCUT2D eigenvalue weighted by Crippen LogP contribution is 2.19. The van der Waals surface area contributed by atoms with E-state index < -0.39 is 0 Å². The summed E-state index contributed by atoms with van der Waals surface area (Å²) in [5.74, 6) is 1.47. The zero-order valence-corrected chi connectivity index (χ0v) is 12.0. The molecule has 0 atom stereocenters. The molecule has 1 heterocycles. The zero-order chi connectivity index (χ0) is 14.7. The van der Waals surface area contributed by atoms with E-state index in [1.54, 1.807) is 17.7 Å². The van der Waals surface area contributed by atoms with Crippen LogP contribution in [0, 0.1) is 13.8 Å². The van der Waals surface area contributed by atoms with E-state index in [0.29, 0.717) is 18.9 Å². The fourth-order valence-electron chi connectivity index (χ4n) is 2.23. The van der Waals surface area contributed by atoms with Crippen molar-refractivity contribution in [2.45, 2.75) is 26.9 Å². The molecule has 0 radical (unpaired) electrons. The number of hydrogen-bond donors (Lipinski definition) is 1. The fourth-order valence-corrected chi connectivity index (χ4v) is 2.23. The number of ether oxygens (including phenoxy) is 1. The molecule has 20 heavy (non-hydrogen) atoms. The lowest BCUT2D eigenvalue weighted by molar-refractivity contribution is 0.409. The minimum absolute atomic E-state index is 0.0416. The summed E-state index contributed by atoms with van der Waals surface area (Å²) in [5, 5.41) is 0. The Morgan fingerprint density at radius 2 is 2.05 bits per heavy atom. The van der Waals surface area contributed by atoms with Gasteiger partial charge in [0.2, 0.25) is 0 Å². The zero-order valence-electron chi connectivity index (χ0n) is 12.0. The number of aryl methyl sites for hydroxylation is 2. The second-order valence-corrected chi connectivity index (χ2v) is 4.72. The van der Waals surface area contributed by atoms with Crippen molar-refractivity contribution in [2.75, 3.05) is 7.11 Å². The molecule has 2 N–H and O–H groups in total. The first-order valence-electron chi connectivity index (χ1n) is 6.46. The molecule has 0 bridgehead atoms. The fraction of sp³-hybridized carbons (Fsp3) is 0.333. The molecular weight excluding hydrogens is 254 g/mol. The third-order valence-corrected chi connectivity index (χ3v) is 3.23. The van der Waals surface area contributed by atoms with Gasteiger partial charge < -0.3 is 10.5 Å². The summed E-state index contributed by atoms with van der Waals surface area (Å²) in [6.45, 7) is 4.53. The van der Waals surface area contributed by atoms with Gasteiger partial charge in [-0.15, -0.1) is 0 Å². The minimum atomic E-state index is -0.0416. The smallest absolute Gasteiger partial charge is 0.254 e. The summed E-state index contributed by atoms with van der Waals surface area (Å²) in [6.07, 6.45) is 0. The molecule has 0 saturated carbocycles. The van der Waals surface area contributed by atoms with E-state index in [2.05, 4.69) is 4.98 Å². The number of hydrogen-bond acceptors (Lipinski definition) is 4. The third-order valence-electron chi connectivity index (χ3n) is 3.23. The maximum atomic E-state index is 12.0. The van der Waals surface area contributed by atoms with Crippen molar-refractivity contribution in [3.8, 4) is 5.75 Å². The first-order chi connectivity index (χ1) is 9.55. The number of nitrogens with two attached hydrogens (primary N) is 1. The lowest BCUT2D eigenvalue weighted by atomic mass is 10.1. The Balaban J connectivity index is 2.38. The van der Waals surface area contributed by atoms with Gasteiger partial charge in [-0.05, 0) is 31.5 Å². The van der Waals surface area contributed by atoms with E-state index >= 15 is 0 Å². The molecule has 2 aromatic rings. The number of aromatic nitrogens is 2. The average molecular weight is 273 g/mol. The Kier molecular flexibility index (Phi) is 4.20. The first kappa shape index (κ1) is 14.3. The molecule has 2 rings (SSSR count). The largest absolute Gasteiger partial charge is 0.496 e. The van der Waals surface area contributed by atoms with Crippen molar-refractivity contribution in [2.24, 2.45) is 5.73 Å². The highest BCUT2D eigenvalue weighted by molar-refractivity contribution is 5.37. The van der Waals surface area contributed by atoms with Crippen molar-refractivity contribution in [3.63, 3.8) is 0 Å². The Hall–Kier alpha value is -2.14. The van der Waals surface area contributed by atoms with Crippen molar-refractivity contribution in [3.05, 3.63) is 57.3 Å². The monoisotopic (exact) mass is 273 g/mol. The van der Waals surface area contributed by atoms with Crippen LogP contribution in [0.1, 0.15) is 22.6 Å². The van der Waals surface area contributed by atoms with Crippen LogP contribution in [0.5, 0.6) is 5.75 Å². The topological polar surface area (TPSA) is 70.1 Å². The van der Waals surface area contributed by atoms with Crippen LogP contribution in [0.3, 0.4) is 0 Å². The molecule has 0 aliphatic carbocycles. The van der Waals surface area contributed by atoms with Crippen molar-refractivity contribution in [1.29, 1.82) is 0 Å². The molecular formula is C15H19N3O2. The lowest BCUT2D eigenvalue weighted by Crippen LogP contribution is -2.24. The van der Waals surface area contributed by atoms with Gasteiger partial charge in [0, 0.05) is 23.9 Å². The second-order valence-electron chi connectivity index (χ2n) is 4.72. The van der Waals surface area contributed by atoms with Crippen LogP contribution in [0.2, 0.25) is 0 Å². The lowest BCUT2D eigenvalue weighted by Gasteiger charge is -2.12. The maximum Gasteiger partial charge on any atom is 0.254 e. The van der Waals surface area contributed by atoms with E-state index in [1.165, 1.54) is 0 Å². The molecule has 5 heteroatoms. The quantitative estimate of drug-likeness (QED) is 0.913. The van der Waals surface area contributed by atoms with Gasteiger partial charge in [-0.2, -0.15) is 0 Å². The number of rotatable bonds is 4. The molecule has 0 unspecified atom stereocenters. The van der Waals surface area contributed by atoms with E-state index in [-0.39, 0.29) is 5.56 Å². The van der Waals surface area contributed by atoms with E-state index in [1.807, 2.05) is 32.0 Å². The molecule has 1 aromatic heterocycles. The van der Waals surface area contributed by atoms with Crippen LogP contribution in [0.15, 0.2) is 29.1 Å². The predicted octanol–water partition coefficient (Wildman–Crippen LogP) is 1.38. The van der Waals surface area contributed by atoms with Crippen LogP contribution in [0.25, 0.3) is 0 Å². The van der Waals surface area contributed by atoms with Gasteiger partial charge in [0.05, 0.1) is 13.7 Å². The molecule has 0 aliphatic heterocycles. The van der Waals surface area contributed by atoms with Crippen molar-refractivity contribution in [1.82, 2.24) is 9.55 Å². The molecule has 0 saturated heterocycles. The van der Waals surface area contributed by atoms with Gasteiger partial charge in [-0.25, -0.2) is 4.98 Å². The van der Waals surface area contributed by atoms with Gasteiger partial charge in [-0.3, -0.25) is 9.36 Å². The summed E-state index contributed by atoms with van der Waals surface area (Å²) in [5.41, 5.74) is 8.33. The minimum Gasteiger partial charge on any atom is -0.496 e. The highest BCUT2D eigenvalue weighted by atomic mass is 16.5. The van der Waals surface area contributed by atoms with Crippen LogP contribution in [-0.2, 0) is 13.1 Å². The van der Waals surface area contributed by atoms with Gasteiger partial charge >= 0.3 is 0 Å². The molecule has 1 aromatic carbocycles. The Morgan fingerprint density at radius 3 is 2.65 bits per heavy atom. The van der Waals surface area contributed by atoms with Gasteiger partial charge in [0.1, 0.15) is 11.6 Å². The molecule has 0 fully saturated rings. The molecule has 0 amide bonds. The SMILES string of the molecule is COc1ccc(Cn2c(C)nc(C)cc2=O)cc1CN. The van der Waals surface area contributed by atoms with Gasteiger partial charge in [0.25, 0.3) is 5.56 Å². The maximum absolute atomic E-state index is 12.0. The van der Waals surface area contributed by atoms with E-state index in [4.69, 9.17) is 10.5 Å². The summed E-state index contributed by atoms with van der Waals surface area (Å²) < 4.78 is 6.89. The van der Waals surface area contributed by atoms with Crippen LogP contribution in [-0.4, -0.2) is 16.7 Å².